The van der Waals surface area contributed by atoms with Crippen LogP contribution in [-0.4, -0.2) is 15.8 Å². The molecule has 3 N–H and O–H groups in total. The second-order valence-electron chi connectivity index (χ2n) is 3.83. The number of hydrogen-bond donors (Lipinski definition) is 2. The molecule has 0 aliphatic rings. The molecule has 0 radical (unpaired) electrons. The van der Waals surface area contributed by atoms with Crippen LogP contribution in [0.25, 0.3) is 0 Å². The lowest BCUT2D eigenvalue weighted by atomic mass is 10.1. The van der Waals surface area contributed by atoms with Crippen LogP contribution in [-0.2, 0) is 13.5 Å². The Morgan fingerprint density at radius 2 is 2.27 bits per heavy atom. The van der Waals surface area contributed by atoms with Gasteiger partial charge in [-0.15, -0.1) is 0 Å². The molecule has 0 aliphatic heterocycles. The molecule has 1 unspecified atom stereocenters. The summed E-state index contributed by atoms with van der Waals surface area (Å²) in [7, 11) is 1.96. The second-order valence-corrected chi connectivity index (χ2v) is 4.62. The summed E-state index contributed by atoms with van der Waals surface area (Å²) >= 11 is 3.56. The smallest absolute Gasteiger partial charge is 0.0738 e. The van der Waals surface area contributed by atoms with Crippen molar-refractivity contribution >= 4 is 15.9 Å². The lowest BCUT2D eigenvalue weighted by molar-refractivity contribution is 0.472. The first-order chi connectivity index (χ1) is 7.10. The van der Waals surface area contributed by atoms with Crippen LogP contribution in [0.5, 0.6) is 0 Å². The highest BCUT2D eigenvalue weighted by atomic mass is 79.9. The van der Waals surface area contributed by atoms with E-state index in [4.69, 9.17) is 5.84 Å². The Balaban J connectivity index is 2.78. The number of hydrogen-bond acceptors (Lipinski definition) is 3. The molecule has 0 fully saturated rings. The normalized spacial score (nSPS) is 13.1. The predicted octanol–water partition coefficient (Wildman–Crippen LogP) is 1.67. The van der Waals surface area contributed by atoms with Gasteiger partial charge in [0.15, 0.2) is 0 Å². The van der Waals surface area contributed by atoms with E-state index in [1.165, 1.54) is 5.69 Å². The average molecular weight is 275 g/mol. The zero-order valence-electron chi connectivity index (χ0n) is 9.55. The molecular weight excluding hydrogens is 256 g/mol. The second kappa shape index (κ2) is 5.63. The lowest BCUT2D eigenvalue weighted by Gasteiger charge is -2.15. The van der Waals surface area contributed by atoms with E-state index in [0.717, 1.165) is 29.4 Å². The van der Waals surface area contributed by atoms with Crippen LogP contribution in [0.1, 0.15) is 31.2 Å². The maximum atomic E-state index is 5.52. The molecule has 0 amide bonds. The van der Waals surface area contributed by atoms with E-state index in [1.54, 1.807) is 0 Å². The van der Waals surface area contributed by atoms with Crippen LogP contribution in [0, 0.1) is 6.92 Å². The van der Waals surface area contributed by atoms with Gasteiger partial charge in [-0.2, -0.15) is 5.10 Å². The molecule has 1 rings (SSSR count). The van der Waals surface area contributed by atoms with Crippen molar-refractivity contribution in [2.45, 2.75) is 39.2 Å². The van der Waals surface area contributed by atoms with E-state index in [2.05, 4.69) is 33.4 Å². The standard InChI is InChI=1S/C10H19BrN4/c1-4-5-8(13-12)6-9-10(11)7(2)14-15(9)3/h8,13H,4-6,12H2,1-3H3. The molecule has 4 nitrogen and oxygen atoms in total. The predicted molar refractivity (Wildman–Crippen MR) is 65.4 cm³/mol. The van der Waals surface area contributed by atoms with Crippen molar-refractivity contribution in [2.75, 3.05) is 0 Å². The molecule has 1 heterocycles. The molecule has 0 saturated heterocycles. The van der Waals surface area contributed by atoms with Gasteiger partial charge in [-0.3, -0.25) is 16.0 Å². The molecule has 0 aliphatic carbocycles. The van der Waals surface area contributed by atoms with E-state index in [1.807, 2.05) is 18.7 Å². The Bertz CT molecular complexity index is 321. The SMILES string of the molecule is CCCC(Cc1c(Br)c(C)nn1C)NN. The number of aromatic nitrogens is 2. The van der Waals surface area contributed by atoms with Crippen molar-refractivity contribution in [1.82, 2.24) is 15.2 Å². The highest BCUT2D eigenvalue weighted by Crippen LogP contribution is 2.22. The van der Waals surface area contributed by atoms with E-state index >= 15 is 0 Å². The maximum absolute atomic E-state index is 5.52. The Morgan fingerprint density at radius 3 is 2.67 bits per heavy atom. The molecule has 1 atom stereocenters. The third-order valence-corrected chi connectivity index (χ3v) is 3.61. The van der Waals surface area contributed by atoms with Gasteiger partial charge in [-0.1, -0.05) is 13.3 Å². The minimum Gasteiger partial charge on any atom is -0.271 e. The maximum Gasteiger partial charge on any atom is 0.0738 e. The summed E-state index contributed by atoms with van der Waals surface area (Å²) in [6.07, 6.45) is 3.11. The Morgan fingerprint density at radius 1 is 1.60 bits per heavy atom. The van der Waals surface area contributed by atoms with Crippen LogP contribution in [0.2, 0.25) is 0 Å². The number of rotatable bonds is 5. The number of nitrogens with one attached hydrogen (secondary N) is 1. The number of halogens is 1. The minimum absolute atomic E-state index is 0.320. The monoisotopic (exact) mass is 274 g/mol. The van der Waals surface area contributed by atoms with E-state index in [9.17, 15) is 0 Å². The Kier molecular flexibility index (Phi) is 4.76. The molecule has 1 aromatic heterocycles. The minimum atomic E-state index is 0.320. The summed E-state index contributed by atoms with van der Waals surface area (Å²) in [5, 5.41) is 4.36. The summed E-state index contributed by atoms with van der Waals surface area (Å²) in [6, 6.07) is 0.320. The first kappa shape index (κ1) is 12.7. The molecule has 86 valence electrons. The van der Waals surface area contributed by atoms with Gasteiger partial charge in [-0.25, -0.2) is 0 Å². The largest absolute Gasteiger partial charge is 0.271 e. The fourth-order valence-electron chi connectivity index (χ4n) is 1.73. The van der Waals surface area contributed by atoms with Gasteiger partial charge in [0, 0.05) is 19.5 Å². The quantitative estimate of drug-likeness (QED) is 0.635. The topological polar surface area (TPSA) is 55.9 Å². The van der Waals surface area contributed by atoms with Crippen molar-refractivity contribution in [3.8, 4) is 0 Å². The Hall–Kier alpha value is -0.390. The molecule has 0 spiro atoms. The lowest BCUT2D eigenvalue weighted by Crippen LogP contribution is -2.37. The number of nitrogens with two attached hydrogens (primary N) is 1. The van der Waals surface area contributed by atoms with Crippen molar-refractivity contribution in [3.05, 3.63) is 15.9 Å². The van der Waals surface area contributed by atoms with Crippen LogP contribution >= 0.6 is 15.9 Å². The average Bonchev–Trinajstić information content (AvgIpc) is 2.44. The molecule has 1 aromatic rings. The van der Waals surface area contributed by atoms with Crippen molar-refractivity contribution in [1.29, 1.82) is 0 Å². The van der Waals surface area contributed by atoms with Gasteiger partial charge in [0.25, 0.3) is 0 Å². The zero-order chi connectivity index (χ0) is 11.4. The number of nitrogens with zero attached hydrogens (tertiary/aromatic N) is 2. The van der Waals surface area contributed by atoms with Gasteiger partial charge in [-0.05, 0) is 29.3 Å². The molecule has 0 aromatic carbocycles. The third-order valence-electron chi connectivity index (χ3n) is 2.57. The summed E-state index contributed by atoms with van der Waals surface area (Å²) in [5.41, 5.74) is 5.08. The van der Waals surface area contributed by atoms with E-state index < -0.39 is 0 Å². The number of aryl methyl sites for hydroxylation is 2. The number of hydrazine groups is 1. The summed E-state index contributed by atoms with van der Waals surface area (Å²) in [5.74, 6) is 5.52. The van der Waals surface area contributed by atoms with Crippen molar-refractivity contribution < 1.29 is 0 Å². The summed E-state index contributed by atoms with van der Waals surface area (Å²) < 4.78 is 3.01. The fraction of sp³-hybridized carbons (Fsp3) is 0.700. The molecule has 0 saturated carbocycles. The third kappa shape index (κ3) is 3.03. The van der Waals surface area contributed by atoms with Gasteiger partial charge in [0.1, 0.15) is 0 Å². The Labute approximate surface area is 99.3 Å². The van der Waals surface area contributed by atoms with E-state index in [-0.39, 0.29) is 0 Å². The summed E-state index contributed by atoms with van der Waals surface area (Å²) in [4.78, 5) is 0. The molecular formula is C10H19BrN4. The fourth-order valence-corrected chi connectivity index (χ4v) is 2.23. The van der Waals surface area contributed by atoms with Crippen molar-refractivity contribution in [3.63, 3.8) is 0 Å². The van der Waals surface area contributed by atoms with Crippen LogP contribution in [0.4, 0.5) is 0 Å². The van der Waals surface area contributed by atoms with Crippen LogP contribution < -0.4 is 11.3 Å². The van der Waals surface area contributed by atoms with Gasteiger partial charge >= 0.3 is 0 Å². The summed E-state index contributed by atoms with van der Waals surface area (Å²) in [6.45, 7) is 4.16. The first-order valence-corrected chi connectivity index (χ1v) is 6.03. The van der Waals surface area contributed by atoms with E-state index in [0.29, 0.717) is 6.04 Å². The molecule has 0 bridgehead atoms. The van der Waals surface area contributed by atoms with Crippen molar-refractivity contribution in [2.24, 2.45) is 12.9 Å². The highest BCUT2D eigenvalue weighted by molar-refractivity contribution is 9.10. The van der Waals surface area contributed by atoms with Gasteiger partial charge in [0.2, 0.25) is 0 Å². The molecule has 5 heteroatoms. The van der Waals surface area contributed by atoms with Crippen LogP contribution in [0.3, 0.4) is 0 Å². The first-order valence-electron chi connectivity index (χ1n) is 5.24. The van der Waals surface area contributed by atoms with Gasteiger partial charge < -0.3 is 0 Å². The van der Waals surface area contributed by atoms with Gasteiger partial charge in [0.05, 0.1) is 15.9 Å². The van der Waals surface area contributed by atoms with Crippen LogP contribution in [0.15, 0.2) is 4.47 Å². The highest BCUT2D eigenvalue weighted by Gasteiger charge is 2.15. The zero-order valence-corrected chi connectivity index (χ0v) is 11.1. The molecule has 15 heavy (non-hydrogen) atoms.